The lowest BCUT2D eigenvalue weighted by molar-refractivity contribution is 0.222. The molecule has 0 saturated heterocycles. The molecular weight excluding hydrogens is 276 g/mol. The summed E-state index contributed by atoms with van der Waals surface area (Å²) in [6.45, 7) is -0.391. The fourth-order valence-electron chi connectivity index (χ4n) is 1.32. The third-order valence-corrected chi connectivity index (χ3v) is 3.78. The number of hydrogen-bond donors (Lipinski definition) is 1. The van der Waals surface area contributed by atoms with E-state index in [1.165, 1.54) is 0 Å². The van der Waals surface area contributed by atoms with Crippen molar-refractivity contribution < 1.29 is 22.3 Å². The topological polar surface area (TPSA) is 57.6 Å². The van der Waals surface area contributed by atoms with Gasteiger partial charge in [-0.2, -0.15) is 13.1 Å². The SMILES string of the molecule is CN(Cc1ccc(C#CCO)cc1)S(=O)(=O)C(F)F. The highest BCUT2D eigenvalue weighted by molar-refractivity contribution is 7.89. The van der Waals surface area contributed by atoms with Gasteiger partial charge in [0.25, 0.3) is 10.0 Å². The highest BCUT2D eigenvalue weighted by Gasteiger charge is 2.28. The molecule has 19 heavy (non-hydrogen) atoms. The lowest BCUT2D eigenvalue weighted by Crippen LogP contribution is -2.31. The first-order valence-corrected chi connectivity index (χ1v) is 6.80. The Morgan fingerprint density at radius 3 is 2.37 bits per heavy atom. The second kappa shape index (κ2) is 6.61. The molecule has 0 radical (unpaired) electrons. The summed E-state index contributed by atoms with van der Waals surface area (Å²) in [5.74, 6) is 1.71. The quantitative estimate of drug-likeness (QED) is 0.842. The van der Waals surface area contributed by atoms with E-state index in [1.807, 2.05) is 0 Å². The Morgan fingerprint density at radius 2 is 1.89 bits per heavy atom. The molecule has 1 aromatic carbocycles. The minimum absolute atomic E-state index is 0.139. The molecule has 0 aliphatic heterocycles. The number of aliphatic hydroxyl groups excluding tert-OH is 1. The molecule has 0 unspecified atom stereocenters. The Morgan fingerprint density at radius 1 is 1.32 bits per heavy atom. The number of hydrogen-bond acceptors (Lipinski definition) is 3. The summed E-state index contributed by atoms with van der Waals surface area (Å²) in [5, 5.41) is 8.52. The standard InChI is InChI=1S/C12H13F2NO3S/c1-15(19(17,18)12(13)14)9-11-6-4-10(5-7-11)3-2-8-16/h4-7,12,16H,8-9H2,1H3. The van der Waals surface area contributed by atoms with Crippen LogP contribution >= 0.6 is 0 Å². The summed E-state index contributed by atoms with van der Waals surface area (Å²) in [7, 11) is -3.46. The Kier molecular flexibility index (Phi) is 5.42. The predicted molar refractivity (Wildman–Crippen MR) is 66.8 cm³/mol. The van der Waals surface area contributed by atoms with Gasteiger partial charge in [0.15, 0.2) is 0 Å². The summed E-state index contributed by atoms with van der Waals surface area (Å²) in [4.78, 5) is 0. The molecule has 0 fully saturated rings. The lowest BCUT2D eigenvalue weighted by atomic mass is 10.1. The number of aliphatic hydroxyl groups is 1. The van der Waals surface area contributed by atoms with E-state index in [2.05, 4.69) is 11.8 Å². The lowest BCUT2D eigenvalue weighted by Gasteiger charge is -2.16. The normalized spacial score (nSPS) is 11.5. The monoisotopic (exact) mass is 289 g/mol. The van der Waals surface area contributed by atoms with Crippen molar-refractivity contribution >= 4 is 10.0 Å². The van der Waals surface area contributed by atoms with Crippen LogP contribution in [0, 0.1) is 11.8 Å². The van der Waals surface area contributed by atoms with Gasteiger partial charge in [-0.15, -0.1) is 0 Å². The summed E-state index contributed by atoms with van der Waals surface area (Å²) in [5.41, 5.74) is 1.22. The second-order valence-electron chi connectivity index (χ2n) is 3.72. The van der Waals surface area contributed by atoms with Gasteiger partial charge in [-0.1, -0.05) is 24.0 Å². The van der Waals surface area contributed by atoms with E-state index < -0.39 is 15.8 Å². The van der Waals surface area contributed by atoms with Gasteiger partial charge in [-0.05, 0) is 17.7 Å². The predicted octanol–water partition coefficient (Wildman–Crippen LogP) is 1.01. The van der Waals surface area contributed by atoms with Crippen molar-refractivity contribution in [3.05, 3.63) is 35.4 Å². The van der Waals surface area contributed by atoms with E-state index in [0.717, 1.165) is 7.05 Å². The molecule has 0 aliphatic rings. The number of nitrogens with zero attached hydrogens (tertiary/aromatic N) is 1. The van der Waals surface area contributed by atoms with Crippen LogP contribution in [0.5, 0.6) is 0 Å². The summed E-state index contributed by atoms with van der Waals surface area (Å²) >= 11 is 0. The zero-order chi connectivity index (χ0) is 14.5. The van der Waals surface area contributed by atoms with Crippen molar-refractivity contribution in [3.8, 4) is 11.8 Å². The fourth-order valence-corrected chi connectivity index (χ4v) is 1.92. The molecule has 0 saturated carbocycles. The van der Waals surface area contributed by atoms with Crippen molar-refractivity contribution in [2.75, 3.05) is 13.7 Å². The maximum Gasteiger partial charge on any atom is 0.350 e. The molecule has 0 heterocycles. The maximum atomic E-state index is 12.3. The van der Waals surface area contributed by atoms with Gasteiger partial charge in [0, 0.05) is 19.2 Å². The molecule has 0 spiro atoms. The van der Waals surface area contributed by atoms with Crippen LogP contribution in [0.2, 0.25) is 0 Å². The molecule has 1 N–H and O–H groups in total. The molecule has 7 heteroatoms. The van der Waals surface area contributed by atoms with Gasteiger partial charge in [0.2, 0.25) is 0 Å². The van der Waals surface area contributed by atoms with Crippen LogP contribution in [0.4, 0.5) is 8.78 Å². The average molecular weight is 289 g/mol. The van der Waals surface area contributed by atoms with Gasteiger partial charge in [0.05, 0.1) is 0 Å². The van der Waals surface area contributed by atoms with E-state index in [-0.39, 0.29) is 13.2 Å². The van der Waals surface area contributed by atoms with E-state index in [1.54, 1.807) is 24.3 Å². The van der Waals surface area contributed by atoms with Crippen LogP contribution in [-0.2, 0) is 16.6 Å². The zero-order valence-corrected chi connectivity index (χ0v) is 11.0. The molecule has 0 aromatic heterocycles. The maximum absolute atomic E-state index is 12.3. The van der Waals surface area contributed by atoms with Crippen molar-refractivity contribution in [1.29, 1.82) is 0 Å². The molecule has 0 bridgehead atoms. The Bertz CT molecular complexity index is 573. The molecule has 1 rings (SSSR count). The highest BCUT2D eigenvalue weighted by atomic mass is 32.2. The van der Waals surface area contributed by atoms with Gasteiger partial charge in [-0.25, -0.2) is 8.42 Å². The molecule has 1 aromatic rings. The van der Waals surface area contributed by atoms with E-state index in [4.69, 9.17) is 5.11 Å². The van der Waals surface area contributed by atoms with Crippen LogP contribution in [0.1, 0.15) is 11.1 Å². The van der Waals surface area contributed by atoms with Crippen molar-refractivity contribution in [1.82, 2.24) is 4.31 Å². The molecule has 0 atom stereocenters. The fraction of sp³-hybridized carbons (Fsp3) is 0.333. The van der Waals surface area contributed by atoms with E-state index in [0.29, 0.717) is 15.4 Å². The smallest absolute Gasteiger partial charge is 0.350 e. The molecular formula is C12H13F2NO3S. The van der Waals surface area contributed by atoms with Crippen LogP contribution in [0.3, 0.4) is 0 Å². The summed E-state index contributed by atoms with van der Waals surface area (Å²) < 4.78 is 47.5. The largest absolute Gasteiger partial charge is 0.384 e. The van der Waals surface area contributed by atoms with Crippen molar-refractivity contribution in [2.45, 2.75) is 12.3 Å². The van der Waals surface area contributed by atoms with Crippen molar-refractivity contribution in [3.63, 3.8) is 0 Å². The zero-order valence-electron chi connectivity index (χ0n) is 10.2. The first-order valence-electron chi connectivity index (χ1n) is 5.30. The van der Waals surface area contributed by atoms with Gasteiger partial charge in [0.1, 0.15) is 6.61 Å². The van der Waals surface area contributed by atoms with Gasteiger partial charge < -0.3 is 5.11 Å². The third kappa shape index (κ3) is 4.28. The number of alkyl halides is 2. The molecule has 4 nitrogen and oxygen atoms in total. The van der Waals surface area contributed by atoms with Crippen LogP contribution < -0.4 is 0 Å². The van der Waals surface area contributed by atoms with Crippen LogP contribution in [0.15, 0.2) is 24.3 Å². The minimum atomic E-state index is -4.56. The molecule has 0 amide bonds. The number of halogens is 2. The number of rotatable bonds is 4. The first kappa shape index (κ1) is 15.6. The minimum Gasteiger partial charge on any atom is -0.384 e. The van der Waals surface area contributed by atoms with Crippen molar-refractivity contribution in [2.24, 2.45) is 0 Å². The number of sulfonamides is 1. The Labute approximate surface area is 110 Å². The number of benzene rings is 1. The Hall–Kier alpha value is -1.49. The Balaban J connectivity index is 2.79. The average Bonchev–Trinajstić information content (AvgIpc) is 2.37. The van der Waals surface area contributed by atoms with E-state index >= 15 is 0 Å². The van der Waals surface area contributed by atoms with Gasteiger partial charge >= 0.3 is 5.76 Å². The van der Waals surface area contributed by atoms with Gasteiger partial charge in [-0.3, -0.25) is 0 Å². The third-order valence-electron chi connectivity index (χ3n) is 2.33. The first-order chi connectivity index (χ1) is 8.87. The van der Waals surface area contributed by atoms with E-state index in [9.17, 15) is 17.2 Å². The van der Waals surface area contributed by atoms with Crippen LogP contribution in [-0.4, -0.2) is 37.2 Å². The highest BCUT2D eigenvalue weighted by Crippen LogP contribution is 2.14. The second-order valence-corrected chi connectivity index (χ2v) is 5.73. The van der Waals surface area contributed by atoms with Crippen LogP contribution in [0.25, 0.3) is 0 Å². The summed E-state index contributed by atoms with van der Waals surface area (Å²) in [6.07, 6.45) is 0. The molecule has 104 valence electrons. The molecule has 0 aliphatic carbocycles. The summed E-state index contributed by atoms with van der Waals surface area (Å²) in [6, 6.07) is 6.44.